The molecule has 17 heavy (non-hydrogen) atoms. The Kier molecular flexibility index (Phi) is 3.59. The van der Waals surface area contributed by atoms with Crippen LogP contribution in [0.2, 0.25) is 0 Å². The van der Waals surface area contributed by atoms with Crippen LogP contribution in [0.1, 0.15) is 11.3 Å². The Morgan fingerprint density at radius 3 is 2.82 bits per heavy atom. The molecule has 0 spiro atoms. The van der Waals surface area contributed by atoms with E-state index in [-0.39, 0.29) is 0 Å². The van der Waals surface area contributed by atoms with Crippen LogP contribution in [0.4, 0.5) is 11.5 Å². The fourth-order valence-electron chi connectivity index (χ4n) is 1.45. The average molecular weight is 335 g/mol. The first-order chi connectivity index (χ1) is 8.19. The van der Waals surface area contributed by atoms with E-state index >= 15 is 0 Å². The third-order valence-electron chi connectivity index (χ3n) is 2.24. The Morgan fingerprint density at radius 2 is 2.12 bits per heavy atom. The Morgan fingerprint density at radius 1 is 1.29 bits per heavy atom. The highest BCUT2D eigenvalue weighted by Gasteiger charge is 2.04. The van der Waals surface area contributed by atoms with E-state index in [0.717, 1.165) is 15.0 Å². The minimum Gasteiger partial charge on any atom is -0.339 e. The van der Waals surface area contributed by atoms with E-state index in [1.807, 2.05) is 37.3 Å². The van der Waals surface area contributed by atoms with Gasteiger partial charge in [-0.2, -0.15) is 5.26 Å². The summed E-state index contributed by atoms with van der Waals surface area (Å²) in [7, 11) is 0. The SMILES string of the molecule is Cc1ccc(C#N)c(Nc2cccc(I)c2)n1. The average Bonchev–Trinajstić information content (AvgIpc) is 2.29. The summed E-state index contributed by atoms with van der Waals surface area (Å²) in [4.78, 5) is 4.33. The van der Waals surface area contributed by atoms with Gasteiger partial charge in [-0.05, 0) is 59.8 Å². The lowest BCUT2D eigenvalue weighted by molar-refractivity contribution is 1.19. The fraction of sp³-hybridized carbons (Fsp3) is 0.0769. The van der Waals surface area contributed by atoms with Crippen LogP contribution in [0, 0.1) is 21.8 Å². The van der Waals surface area contributed by atoms with Gasteiger partial charge in [0.1, 0.15) is 11.9 Å². The molecule has 0 aliphatic rings. The van der Waals surface area contributed by atoms with Gasteiger partial charge in [0.05, 0.1) is 5.56 Å². The van der Waals surface area contributed by atoms with Crippen LogP contribution < -0.4 is 5.32 Å². The Balaban J connectivity index is 2.36. The number of rotatable bonds is 2. The highest BCUT2D eigenvalue weighted by Crippen LogP contribution is 2.20. The van der Waals surface area contributed by atoms with Gasteiger partial charge in [0, 0.05) is 15.0 Å². The molecule has 0 amide bonds. The maximum Gasteiger partial charge on any atom is 0.148 e. The van der Waals surface area contributed by atoms with Crippen molar-refractivity contribution in [1.82, 2.24) is 4.98 Å². The van der Waals surface area contributed by atoms with E-state index in [1.54, 1.807) is 6.07 Å². The van der Waals surface area contributed by atoms with Gasteiger partial charge in [-0.15, -0.1) is 0 Å². The summed E-state index contributed by atoms with van der Waals surface area (Å²) in [6, 6.07) is 13.7. The number of nitrogens with zero attached hydrogens (tertiary/aromatic N) is 2. The molecule has 1 heterocycles. The van der Waals surface area contributed by atoms with Crippen LogP contribution in [0.15, 0.2) is 36.4 Å². The van der Waals surface area contributed by atoms with Crippen LogP contribution in [0.25, 0.3) is 0 Å². The van der Waals surface area contributed by atoms with Gasteiger partial charge in [-0.3, -0.25) is 0 Å². The van der Waals surface area contributed by atoms with Gasteiger partial charge < -0.3 is 5.32 Å². The summed E-state index contributed by atoms with van der Waals surface area (Å²) in [5.41, 5.74) is 2.37. The van der Waals surface area contributed by atoms with E-state index in [1.165, 1.54) is 0 Å². The summed E-state index contributed by atoms with van der Waals surface area (Å²) in [5.74, 6) is 0.606. The summed E-state index contributed by atoms with van der Waals surface area (Å²) >= 11 is 2.25. The summed E-state index contributed by atoms with van der Waals surface area (Å²) in [5, 5.41) is 12.2. The van der Waals surface area contributed by atoms with Crippen molar-refractivity contribution in [2.45, 2.75) is 6.92 Å². The lowest BCUT2D eigenvalue weighted by atomic mass is 10.2. The maximum absolute atomic E-state index is 9.01. The Bertz CT molecular complexity index is 587. The quantitative estimate of drug-likeness (QED) is 0.853. The summed E-state index contributed by atoms with van der Waals surface area (Å²) in [6.07, 6.45) is 0. The number of hydrogen-bond acceptors (Lipinski definition) is 3. The monoisotopic (exact) mass is 335 g/mol. The first-order valence-electron chi connectivity index (χ1n) is 5.09. The lowest BCUT2D eigenvalue weighted by Gasteiger charge is -2.08. The zero-order valence-electron chi connectivity index (χ0n) is 9.24. The maximum atomic E-state index is 9.01. The molecule has 0 aliphatic carbocycles. The number of nitriles is 1. The first-order valence-corrected chi connectivity index (χ1v) is 6.17. The number of nitrogens with one attached hydrogen (secondary N) is 1. The second kappa shape index (κ2) is 5.15. The third kappa shape index (κ3) is 2.94. The molecule has 2 aromatic rings. The van der Waals surface area contributed by atoms with Gasteiger partial charge in [0.25, 0.3) is 0 Å². The molecule has 0 aliphatic heterocycles. The number of benzene rings is 1. The molecule has 4 heteroatoms. The molecule has 1 aromatic carbocycles. The number of aromatic nitrogens is 1. The topological polar surface area (TPSA) is 48.7 Å². The molecule has 0 radical (unpaired) electrons. The standard InChI is InChI=1S/C13H10IN3/c1-9-5-6-10(8-15)13(16-9)17-12-4-2-3-11(14)7-12/h2-7H,1H3,(H,16,17). The minimum absolute atomic E-state index is 0.550. The molecular weight excluding hydrogens is 325 g/mol. The molecule has 0 saturated carbocycles. The molecular formula is C13H10IN3. The Hall–Kier alpha value is -1.61. The van der Waals surface area contributed by atoms with E-state index < -0.39 is 0 Å². The van der Waals surface area contributed by atoms with Crippen LogP contribution in [0.3, 0.4) is 0 Å². The third-order valence-corrected chi connectivity index (χ3v) is 2.91. The molecule has 0 atom stereocenters. The van der Waals surface area contributed by atoms with E-state index in [4.69, 9.17) is 5.26 Å². The highest BCUT2D eigenvalue weighted by atomic mass is 127. The Labute approximate surface area is 114 Å². The fourth-order valence-corrected chi connectivity index (χ4v) is 1.99. The van der Waals surface area contributed by atoms with Crippen LogP contribution in [-0.4, -0.2) is 4.98 Å². The van der Waals surface area contributed by atoms with E-state index in [0.29, 0.717) is 11.4 Å². The molecule has 0 fully saturated rings. The van der Waals surface area contributed by atoms with Gasteiger partial charge in [0.15, 0.2) is 0 Å². The van der Waals surface area contributed by atoms with Gasteiger partial charge >= 0.3 is 0 Å². The summed E-state index contributed by atoms with van der Waals surface area (Å²) in [6.45, 7) is 1.90. The predicted molar refractivity (Wildman–Crippen MR) is 76.1 cm³/mol. The normalized spacial score (nSPS) is 9.71. The van der Waals surface area contributed by atoms with Crippen molar-refractivity contribution >= 4 is 34.1 Å². The molecule has 1 aromatic heterocycles. The van der Waals surface area contributed by atoms with Crippen molar-refractivity contribution in [1.29, 1.82) is 5.26 Å². The van der Waals surface area contributed by atoms with Crippen LogP contribution in [0.5, 0.6) is 0 Å². The number of hydrogen-bond donors (Lipinski definition) is 1. The molecule has 84 valence electrons. The molecule has 0 unspecified atom stereocenters. The van der Waals surface area contributed by atoms with Crippen molar-refractivity contribution < 1.29 is 0 Å². The zero-order valence-corrected chi connectivity index (χ0v) is 11.4. The van der Waals surface area contributed by atoms with Crippen molar-refractivity contribution in [3.05, 3.63) is 51.2 Å². The van der Waals surface area contributed by atoms with Crippen molar-refractivity contribution in [3.63, 3.8) is 0 Å². The van der Waals surface area contributed by atoms with E-state index in [9.17, 15) is 0 Å². The summed E-state index contributed by atoms with van der Waals surface area (Å²) < 4.78 is 1.14. The van der Waals surface area contributed by atoms with Gasteiger partial charge in [-0.1, -0.05) is 6.07 Å². The molecule has 1 N–H and O–H groups in total. The van der Waals surface area contributed by atoms with Crippen molar-refractivity contribution in [2.75, 3.05) is 5.32 Å². The van der Waals surface area contributed by atoms with Gasteiger partial charge in [0.2, 0.25) is 0 Å². The second-order valence-corrected chi connectivity index (χ2v) is 4.84. The molecule has 0 saturated heterocycles. The zero-order chi connectivity index (χ0) is 12.3. The minimum atomic E-state index is 0.550. The largest absolute Gasteiger partial charge is 0.339 e. The second-order valence-electron chi connectivity index (χ2n) is 3.60. The van der Waals surface area contributed by atoms with E-state index in [2.05, 4.69) is 39.0 Å². The molecule has 0 bridgehead atoms. The molecule has 2 rings (SSSR count). The van der Waals surface area contributed by atoms with Crippen molar-refractivity contribution in [3.8, 4) is 6.07 Å². The van der Waals surface area contributed by atoms with Gasteiger partial charge in [-0.25, -0.2) is 4.98 Å². The van der Waals surface area contributed by atoms with Crippen LogP contribution >= 0.6 is 22.6 Å². The van der Waals surface area contributed by atoms with Crippen molar-refractivity contribution in [2.24, 2.45) is 0 Å². The lowest BCUT2D eigenvalue weighted by Crippen LogP contribution is -1.98. The number of anilines is 2. The number of halogens is 1. The van der Waals surface area contributed by atoms with Crippen LogP contribution in [-0.2, 0) is 0 Å². The number of pyridine rings is 1. The first kappa shape index (κ1) is 11.9. The molecule has 3 nitrogen and oxygen atoms in total. The number of aryl methyl sites for hydroxylation is 1. The predicted octanol–water partition coefficient (Wildman–Crippen LogP) is 3.61. The highest BCUT2D eigenvalue weighted by molar-refractivity contribution is 14.1. The smallest absolute Gasteiger partial charge is 0.148 e.